The van der Waals surface area contributed by atoms with Crippen LogP contribution in [0.1, 0.15) is 47.5 Å². The summed E-state index contributed by atoms with van der Waals surface area (Å²) in [5.74, 6) is 0.501. The molecule has 0 aliphatic rings. The van der Waals surface area contributed by atoms with Gasteiger partial charge in [0, 0.05) is 18.4 Å². The zero-order chi connectivity index (χ0) is 14.2. The van der Waals surface area contributed by atoms with E-state index in [9.17, 15) is 8.42 Å². The molecule has 1 atom stereocenters. The Balaban J connectivity index is 4.37. The maximum atomic E-state index is 11.5. The Labute approximate surface area is 112 Å². The highest BCUT2D eigenvalue weighted by Crippen LogP contribution is 2.19. The largest absolute Gasteiger partial charge is 0.374 e. The Morgan fingerprint density at radius 3 is 2.28 bits per heavy atom. The third kappa shape index (κ3) is 6.71. The molecule has 0 rings (SSSR count). The van der Waals surface area contributed by atoms with Crippen LogP contribution in [0.3, 0.4) is 0 Å². The van der Waals surface area contributed by atoms with E-state index in [1.165, 1.54) is 0 Å². The van der Waals surface area contributed by atoms with Gasteiger partial charge in [-0.25, -0.2) is 8.42 Å². The summed E-state index contributed by atoms with van der Waals surface area (Å²) in [4.78, 5) is 0. The lowest BCUT2D eigenvalue weighted by molar-refractivity contribution is -0.0398. The minimum Gasteiger partial charge on any atom is -0.374 e. The van der Waals surface area contributed by atoms with Crippen LogP contribution < -0.4 is 5.32 Å². The number of rotatable bonds is 10. The summed E-state index contributed by atoms with van der Waals surface area (Å²) in [5.41, 5.74) is -0.263. The molecule has 0 aliphatic heterocycles. The van der Waals surface area contributed by atoms with Crippen LogP contribution in [0.4, 0.5) is 0 Å². The molecule has 0 saturated heterocycles. The van der Waals surface area contributed by atoms with E-state index in [0.717, 1.165) is 13.0 Å². The van der Waals surface area contributed by atoms with E-state index in [-0.39, 0.29) is 23.1 Å². The van der Waals surface area contributed by atoms with Crippen LogP contribution in [0.5, 0.6) is 0 Å². The van der Waals surface area contributed by atoms with Crippen molar-refractivity contribution in [2.24, 2.45) is 0 Å². The standard InChI is InChI=1S/C13H29NO3S/c1-6-14-12(13(4,5)17-7-2)10-9-11-18(15,16)8-3/h12,14H,6-11H2,1-5H3. The molecule has 110 valence electrons. The lowest BCUT2D eigenvalue weighted by atomic mass is 9.94. The normalized spacial score (nSPS) is 14.7. The predicted molar refractivity (Wildman–Crippen MR) is 76.7 cm³/mol. The van der Waals surface area contributed by atoms with Gasteiger partial charge in [0.15, 0.2) is 0 Å². The minimum atomic E-state index is -2.86. The summed E-state index contributed by atoms with van der Waals surface area (Å²) in [6.07, 6.45) is 1.50. The van der Waals surface area contributed by atoms with E-state index in [0.29, 0.717) is 13.0 Å². The lowest BCUT2D eigenvalue weighted by Crippen LogP contribution is -2.48. The lowest BCUT2D eigenvalue weighted by Gasteiger charge is -2.35. The average molecular weight is 279 g/mol. The van der Waals surface area contributed by atoms with E-state index >= 15 is 0 Å². The van der Waals surface area contributed by atoms with Gasteiger partial charge in [0.05, 0.1) is 11.4 Å². The first-order valence-corrected chi connectivity index (χ1v) is 8.69. The highest BCUT2D eigenvalue weighted by molar-refractivity contribution is 7.91. The van der Waals surface area contributed by atoms with Crippen molar-refractivity contribution in [3.8, 4) is 0 Å². The van der Waals surface area contributed by atoms with Crippen LogP contribution >= 0.6 is 0 Å². The summed E-state index contributed by atoms with van der Waals surface area (Å²) in [6.45, 7) is 11.4. The van der Waals surface area contributed by atoms with Crippen molar-refractivity contribution in [2.45, 2.75) is 59.1 Å². The first-order chi connectivity index (χ1) is 8.29. The topological polar surface area (TPSA) is 55.4 Å². The molecule has 0 saturated carbocycles. The van der Waals surface area contributed by atoms with Crippen LogP contribution in [0, 0.1) is 0 Å². The molecule has 18 heavy (non-hydrogen) atoms. The fourth-order valence-electron chi connectivity index (χ4n) is 2.07. The van der Waals surface area contributed by atoms with Crippen LogP contribution in [-0.4, -0.2) is 44.7 Å². The highest BCUT2D eigenvalue weighted by atomic mass is 32.2. The van der Waals surface area contributed by atoms with Crippen LogP contribution in [0.15, 0.2) is 0 Å². The van der Waals surface area contributed by atoms with E-state index in [1.807, 2.05) is 6.92 Å². The van der Waals surface area contributed by atoms with Crippen molar-refractivity contribution in [3.63, 3.8) is 0 Å². The Bertz CT molecular complexity index is 312. The smallest absolute Gasteiger partial charge is 0.150 e. The van der Waals surface area contributed by atoms with Crippen LogP contribution in [-0.2, 0) is 14.6 Å². The van der Waals surface area contributed by atoms with Gasteiger partial charge in [-0.1, -0.05) is 13.8 Å². The second-order valence-electron chi connectivity index (χ2n) is 5.03. The first-order valence-electron chi connectivity index (χ1n) is 6.86. The number of hydrogen-bond acceptors (Lipinski definition) is 4. The van der Waals surface area contributed by atoms with Crippen molar-refractivity contribution >= 4 is 9.84 Å². The van der Waals surface area contributed by atoms with Crippen molar-refractivity contribution in [2.75, 3.05) is 24.7 Å². The summed E-state index contributed by atoms with van der Waals surface area (Å²) in [5, 5.41) is 3.39. The zero-order valence-electron chi connectivity index (χ0n) is 12.5. The number of sulfone groups is 1. The number of likely N-dealkylation sites (N-methyl/N-ethyl adjacent to an activating group) is 1. The maximum Gasteiger partial charge on any atom is 0.150 e. The molecule has 1 N–H and O–H groups in total. The van der Waals surface area contributed by atoms with Gasteiger partial charge in [0.2, 0.25) is 0 Å². The zero-order valence-corrected chi connectivity index (χ0v) is 13.3. The molecule has 0 aliphatic carbocycles. The molecule has 0 radical (unpaired) electrons. The summed E-state index contributed by atoms with van der Waals surface area (Å²) < 4.78 is 28.7. The average Bonchev–Trinajstić information content (AvgIpc) is 2.27. The SMILES string of the molecule is CCNC(CCCS(=O)(=O)CC)C(C)(C)OCC. The number of ether oxygens (including phenoxy) is 1. The highest BCUT2D eigenvalue weighted by Gasteiger charge is 2.29. The van der Waals surface area contributed by atoms with Gasteiger partial charge in [-0.3, -0.25) is 0 Å². The molecule has 4 nitrogen and oxygen atoms in total. The Morgan fingerprint density at radius 2 is 1.83 bits per heavy atom. The van der Waals surface area contributed by atoms with E-state index in [4.69, 9.17) is 4.74 Å². The van der Waals surface area contributed by atoms with Gasteiger partial charge in [-0.05, 0) is 40.2 Å². The van der Waals surface area contributed by atoms with Gasteiger partial charge in [0.25, 0.3) is 0 Å². The molecule has 0 aromatic heterocycles. The summed E-state index contributed by atoms with van der Waals surface area (Å²) in [7, 11) is -2.86. The fourth-order valence-corrected chi connectivity index (χ4v) is 2.96. The second kappa shape index (κ2) is 8.12. The minimum absolute atomic E-state index is 0.189. The van der Waals surface area contributed by atoms with Crippen LogP contribution in [0.2, 0.25) is 0 Å². The summed E-state index contributed by atoms with van der Waals surface area (Å²) in [6, 6.07) is 0.189. The monoisotopic (exact) mass is 279 g/mol. The Morgan fingerprint density at radius 1 is 1.22 bits per heavy atom. The molecule has 5 heteroatoms. The molecule has 0 heterocycles. The molecule has 0 aromatic rings. The molecular weight excluding hydrogens is 250 g/mol. The first kappa shape index (κ1) is 17.9. The van der Waals surface area contributed by atoms with Gasteiger partial charge >= 0.3 is 0 Å². The maximum absolute atomic E-state index is 11.5. The molecule has 0 spiro atoms. The predicted octanol–water partition coefficient (Wildman–Crippen LogP) is 1.99. The van der Waals surface area contributed by atoms with Gasteiger partial charge < -0.3 is 10.1 Å². The molecular formula is C13H29NO3S. The molecule has 0 fully saturated rings. The van der Waals surface area contributed by atoms with Crippen molar-refractivity contribution in [1.82, 2.24) is 5.32 Å². The molecule has 0 aromatic carbocycles. The number of hydrogen-bond donors (Lipinski definition) is 1. The Kier molecular flexibility index (Phi) is 8.06. The van der Waals surface area contributed by atoms with E-state index in [2.05, 4.69) is 26.1 Å². The van der Waals surface area contributed by atoms with E-state index in [1.54, 1.807) is 6.92 Å². The second-order valence-corrected chi connectivity index (χ2v) is 7.50. The number of nitrogens with one attached hydrogen (secondary N) is 1. The fraction of sp³-hybridized carbons (Fsp3) is 1.00. The van der Waals surface area contributed by atoms with Crippen molar-refractivity contribution < 1.29 is 13.2 Å². The third-order valence-corrected chi connectivity index (χ3v) is 4.98. The quantitative estimate of drug-likeness (QED) is 0.664. The van der Waals surface area contributed by atoms with Gasteiger partial charge in [-0.2, -0.15) is 0 Å². The molecule has 1 unspecified atom stereocenters. The Hall–Kier alpha value is -0.130. The third-order valence-electron chi connectivity index (χ3n) is 3.19. The molecule has 0 amide bonds. The van der Waals surface area contributed by atoms with Crippen molar-refractivity contribution in [3.05, 3.63) is 0 Å². The van der Waals surface area contributed by atoms with Crippen LogP contribution in [0.25, 0.3) is 0 Å². The van der Waals surface area contributed by atoms with E-state index < -0.39 is 9.84 Å². The van der Waals surface area contributed by atoms with Gasteiger partial charge in [0.1, 0.15) is 9.84 Å². The van der Waals surface area contributed by atoms with Crippen molar-refractivity contribution in [1.29, 1.82) is 0 Å². The molecule has 0 bridgehead atoms. The summed E-state index contributed by atoms with van der Waals surface area (Å²) >= 11 is 0. The van der Waals surface area contributed by atoms with Gasteiger partial charge in [-0.15, -0.1) is 0 Å².